The van der Waals surface area contributed by atoms with E-state index in [1.54, 1.807) is 0 Å². The molecule has 0 radical (unpaired) electrons. The molecule has 6 heteroatoms. The van der Waals surface area contributed by atoms with E-state index >= 15 is 0 Å². The number of fused-ring (bicyclic) bond motifs is 20. The van der Waals surface area contributed by atoms with E-state index < -0.39 is 5.41 Å². The van der Waals surface area contributed by atoms with Gasteiger partial charge in [-0.2, -0.15) is 0 Å². The van der Waals surface area contributed by atoms with Crippen LogP contribution in [0.5, 0.6) is 11.5 Å². The predicted octanol–water partition coefficient (Wildman–Crippen LogP) is 24.2. The quantitative estimate of drug-likeness (QED) is 0.148. The summed E-state index contributed by atoms with van der Waals surface area (Å²) < 4.78 is 8.15. The van der Waals surface area contributed by atoms with Crippen molar-refractivity contribution >= 4 is 108 Å². The Balaban J connectivity index is 0.832. The summed E-state index contributed by atoms with van der Waals surface area (Å²) in [7, 11) is 0. The van der Waals surface area contributed by atoms with Crippen LogP contribution < -0.4 is 52.2 Å². The summed E-state index contributed by atoms with van der Waals surface area (Å²) >= 11 is 0. The monoisotopic (exact) mass is 1450 g/mol. The highest BCUT2D eigenvalue weighted by molar-refractivity contribution is 7.02. The maximum Gasteiger partial charge on any atom is 0.256 e. The molecule has 16 aromatic carbocycles. The Kier molecular flexibility index (Phi) is 14.6. The molecule has 0 fully saturated rings. The fourth-order valence-corrected chi connectivity index (χ4v) is 20.3. The van der Waals surface area contributed by atoms with Crippen LogP contribution in [0.1, 0.15) is 101 Å². The Labute approximate surface area is 664 Å². The Morgan fingerprint density at radius 2 is 0.708 bits per heavy atom. The van der Waals surface area contributed by atoms with E-state index in [-0.39, 0.29) is 29.7 Å². The lowest BCUT2D eigenvalue weighted by Gasteiger charge is -2.46. The molecule has 22 rings (SSSR count). The van der Waals surface area contributed by atoms with Crippen LogP contribution in [-0.4, -0.2) is 13.4 Å². The van der Waals surface area contributed by atoms with Gasteiger partial charge in [0.1, 0.15) is 11.5 Å². The molecule has 0 aromatic heterocycles. The third-order valence-corrected chi connectivity index (χ3v) is 25.5. The van der Waals surface area contributed by atoms with Crippen molar-refractivity contribution in [2.45, 2.75) is 84.0 Å². The third kappa shape index (κ3) is 9.91. The highest BCUT2D eigenvalue weighted by Crippen LogP contribution is 2.65. The molecule has 0 N–H and O–H groups in total. The van der Waals surface area contributed by atoms with Gasteiger partial charge in [0.2, 0.25) is 0 Å². The molecule has 4 aliphatic heterocycles. The van der Waals surface area contributed by atoms with Crippen LogP contribution in [0.25, 0.3) is 77.5 Å². The predicted molar refractivity (Wildman–Crippen MR) is 478 cm³/mol. The van der Waals surface area contributed by atoms with E-state index in [0.717, 1.165) is 101 Å². The minimum atomic E-state index is -0.557. The Morgan fingerprint density at radius 3 is 1.26 bits per heavy atom. The number of hydrogen-bond donors (Lipinski definition) is 0. The zero-order valence-electron chi connectivity index (χ0n) is 65.2. The average Bonchev–Trinajstić information content (AvgIpc) is 1.53. The van der Waals surface area contributed by atoms with Crippen molar-refractivity contribution < 1.29 is 4.74 Å². The minimum absolute atomic E-state index is 0.0969. The van der Waals surface area contributed by atoms with Crippen LogP contribution >= 0.6 is 0 Å². The lowest BCUT2D eigenvalue weighted by atomic mass is 9.30. The van der Waals surface area contributed by atoms with Crippen LogP contribution in [0.2, 0.25) is 0 Å². The van der Waals surface area contributed by atoms with Crippen LogP contribution in [-0.2, 0) is 21.7 Å². The third-order valence-electron chi connectivity index (χ3n) is 25.5. The first-order chi connectivity index (χ1) is 55.0. The van der Waals surface area contributed by atoms with Gasteiger partial charge >= 0.3 is 0 Å². The van der Waals surface area contributed by atoms with Gasteiger partial charge in [-0.25, -0.2) is 0 Å². The molecule has 113 heavy (non-hydrogen) atoms. The first-order valence-electron chi connectivity index (χ1n) is 40.2. The highest BCUT2D eigenvalue weighted by Gasteiger charge is 2.54. The van der Waals surface area contributed by atoms with Gasteiger partial charge in [0.15, 0.2) is 0 Å². The van der Waals surface area contributed by atoms with Crippen LogP contribution in [0.3, 0.4) is 0 Å². The summed E-state index contributed by atoms with van der Waals surface area (Å²) in [4.78, 5) is 7.78. The molecule has 538 valence electrons. The van der Waals surface area contributed by atoms with Crippen molar-refractivity contribution in [1.82, 2.24) is 0 Å². The second-order valence-corrected chi connectivity index (χ2v) is 35.0. The summed E-state index contributed by atoms with van der Waals surface area (Å²) in [6.45, 7) is 20.7. The Morgan fingerprint density at radius 1 is 0.265 bits per heavy atom. The molecule has 2 aliphatic carbocycles. The minimum Gasteiger partial charge on any atom is -0.458 e. The van der Waals surface area contributed by atoms with Crippen molar-refractivity contribution in [3.8, 4) is 78.3 Å². The topological polar surface area (TPSA) is 19.0 Å². The molecule has 0 unspecified atom stereocenters. The second-order valence-electron chi connectivity index (χ2n) is 35.0. The second kappa shape index (κ2) is 24.6. The normalized spacial score (nSPS) is 14.1. The molecule has 16 aromatic rings. The lowest BCUT2D eigenvalue weighted by molar-refractivity contribution is 0.488. The largest absolute Gasteiger partial charge is 0.458 e. The van der Waals surface area contributed by atoms with E-state index in [9.17, 15) is 0 Å². The molecule has 0 amide bonds. The zero-order chi connectivity index (χ0) is 76.1. The first kappa shape index (κ1) is 67.0. The molecule has 0 saturated carbocycles. The Hall–Kier alpha value is -12.9. The smallest absolute Gasteiger partial charge is 0.256 e. The maximum atomic E-state index is 8.15. The van der Waals surface area contributed by atoms with Crippen molar-refractivity contribution in [3.63, 3.8) is 0 Å². The van der Waals surface area contributed by atoms with Gasteiger partial charge in [-0.3, -0.25) is 0 Å². The molecular weight excluding hydrogens is 1360 g/mol. The number of nitrogens with zero attached hydrogens (tertiary/aromatic N) is 3. The molecule has 4 nitrogen and oxygen atoms in total. The van der Waals surface area contributed by atoms with Gasteiger partial charge in [0.25, 0.3) is 13.4 Å². The van der Waals surface area contributed by atoms with Gasteiger partial charge in [-0.15, -0.1) is 0 Å². The summed E-state index contributed by atoms with van der Waals surface area (Å²) in [5, 5.41) is 2.24. The highest BCUT2D eigenvalue weighted by atomic mass is 16.5. The molecule has 1 spiro atoms. The number of hydrogen-bond acceptors (Lipinski definition) is 4. The van der Waals surface area contributed by atoms with E-state index in [1.807, 2.05) is 0 Å². The van der Waals surface area contributed by atoms with Crippen molar-refractivity contribution in [3.05, 3.63) is 379 Å². The van der Waals surface area contributed by atoms with Gasteiger partial charge in [0, 0.05) is 62.4 Å². The fourth-order valence-electron chi connectivity index (χ4n) is 20.3. The van der Waals surface area contributed by atoms with Crippen LogP contribution in [0, 0.1) is 0 Å². The first-order valence-corrected chi connectivity index (χ1v) is 40.2. The average molecular weight is 1450 g/mol. The maximum absolute atomic E-state index is 8.15. The van der Waals surface area contributed by atoms with Crippen molar-refractivity contribution in [1.29, 1.82) is 0 Å². The SMILES string of the molecule is CC(C)(C)c1cc(-c2cc3c4c(c2)N(c2ccccc2)c2cc5c(cc2B4c2ccccc2N3c2ccccc2)B2c3ccccc3N(c3c(-c4ccccc4)cc(C(C)(C)C)cc3-c3ccccc3)c3c2c(cc2cc(-c4cccc6c4C4(c7ccccc7-c7ccccc74)c4ccccc4-6)ccc32)O5)cc(C(C)(C)C)c1. The van der Waals surface area contributed by atoms with Gasteiger partial charge < -0.3 is 19.4 Å². The van der Waals surface area contributed by atoms with Crippen molar-refractivity contribution in [2.24, 2.45) is 0 Å². The summed E-state index contributed by atoms with van der Waals surface area (Å²) in [6, 6.07) is 130. The number of para-hydroxylation sites is 4. The van der Waals surface area contributed by atoms with E-state index in [1.165, 1.54) is 111 Å². The number of anilines is 9. The summed E-state index contributed by atoms with van der Waals surface area (Å²) in [5.74, 6) is 1.69. The number of benzene rings is 16. The molecule has 6 aliphatic rings. The van der Waals surface area contributed by atoms with Crippen LogP contribution in [0.4, 0.5) is 51.2 Å². The van der Waals surface area contributed by atoms with E-state index in [4.69, 9.17) is 4.74 Å². The molecule has 0 bridgehead atoms. The van der Waals surface area contributed by atoms with E-state index in [2.05, 4.69) is 417 Å². The van der Waals surface area contributed by atoms with Crippen LogP contribution in [0.15, 0.2) is 340 Å². The summed E-state index contributed by atoms with van der Waals surface area (Å²) in [6.07, 6.45) is 0. The van der Waals surface area contributed by atoms with Gasteiger partial charge in [0.05, 0.1) is 16.8 Å². The molecule has 4 heterocycles. The summed E-state index contributed by atoms with van der Waals surface area (Å²) in [5.41, 5.74) is 40.2. The molecular formula is C107H83B2N3O. The Bertz CT molecular complexity index is 6530. The molecule has 0 saturated heterocycles. The van der Waals surface area contributed by atoms with Crippen molar-refractivity contribution in [2.75, 3.05) is 14.7 Å². The van der Waals surface area contributed by atoms with E-state index in [0.29, 0.717) is 0 Å². The molecule has 0 atom stereocenters. The standard InChI is InChI=1S/C107H83B2N3O/c1-104(2,3)72-56-69(57-73(61-72)105(4,5)6)70-58-95-100-96(59-70)111(76-39-20-13-21-40-76)94-65-97-91(64-90(94)108(100)88-49-28-30-51-92(88)110(95)75-37-18-12-19-38-75)109-89-50-29-31-52-93(89)112(102-83(66-33-14-10-15-34-66)62-74(106(7,8)9)63-84(102)67-35-16-11-17-36-67)103-78-54-53-68(55-71(78)60-98(113-97)101(103)109)77-44-32-45-82-81-43-24-27-48-87(81)107(99(77)82)85-46-25-22-41-79(85)80-42-23-26-47-86(80)107/h10-65H,1-9H3. The van der Waals surface area contributed by atoms with Gasteiger partial charge in [-0.1, -0.05) is 323 Å². The number of ether oxygens (including phenoxy) is 1. The lowest BCUT2D eigenvalue weighted by Crippen LogP contribution is -2.64. The fraction of sp³-hybridized carbons (Fsp3) is 0.121. The van der Waals surface area contributed by atoms with Gasteiger partial charge in [-0.05, 0) is 222 Å². The zero-order valence-corrected chi connectivity index (χ0v) is 65.2. The number of rotatable bonds is 7.